The molecule has 1 amide bonds. The number of nitrogens with one attached hydrogen (secondary N) is 1. The summed E-state index contributed by atoms with van der Waals surface area (Å²) in [5.41, 5.74) is 9.44. The summed E-state index contributed by atoms with van der Waals surface area (Å²) >= 11 is 0. The van der Waals surface area contributed by atoms with E-state index < -0.39 is 6.04 Å². The van der Waals surface area contributed by atoms with Crippen molar-refractivity contribution in [2.24, 2.45) is 11.7 Å². The van der Waals surface area contributed by atoms with Gasteiger partial charge in [-0.05, 0) is 47.7 Å². The number of nitrogens with zero attached hydrogens (tertiary/aromatic N) is 1. The van der Waals surface area contributed by atoms with E-state index in [9.17, 15) is 4.79 Å². The zero-order valence-corrected chi connectivity index (χ0v) is 19.6. The third-order valence-electron chi connectivity index (χ3n) is 5.41. The molecule has 3 N–H and O–H groups in total. The molecule has 0 fully saturated rings. The molecule has 33 heavy (non-hydrogen) atoms. The van der Waals surface area contributed by atoms with Crippen LogP contribution in [-0.2, 0) is 17.9 Å². The van der Waals surface area contributed by atoms with Gasteiger partial charge in [0.2, 0.25) is 5.91 Å². The maximum absolute atomic E-state index is 12.3. The lowest BCUT2D eigenvalue weighted by atomic mass is 10.0. The smallest absolute Gasteiger partial charge is 0.236 e. The zero-order valence-electron chi connectivity index (χ0n) is 19.6. The first kappa shape index (κ1) is 24.3. The fourth-order valence-electron chi connectivity index (χ4n) is 3.66. The van der Waals surface area contributed by atoms with Crippen LogP contribution < -0.4 is 20.7 Å². The molecule has 5 heteroatoms. The molecule has 0 spiro atoms. The quantitative estimate of drug-likeness (QED) is 0.422. The van der Waals surface area contributed by atoms with Crippen molar-refractivity contribution in [1.29, 1.82) is 0 Å². The minimum Gasteiger partial charge on any atom is -0.489 e. The molecule has 0 aromatic heterocycles. The standard InChI is InChI=1S/C28H35N3O2/c1-22(2)19-27(29)28(32)30-17-18-31(20-23-9-5-3-6-10-23)25-13-15-26(16-14-25)33-21-24-11-7-4-8-12-24/h3-16,22,27H,17-21,29H2,1-2H3,(H,30,32). The van der Waals surface area contributed by atoms with Crippen LogP contribution in [0, 0.1) is 5.92 Å². The van der Waals surface area contributed by atoms with Gasteiger partial charge in [-0.25, -0.2) is 0 Å². The number of ether oxygens (including phenoxy) is 1. The molecule has 0 aliphatic rings. The van der Waals surface area contributed by atoms with Crippen LogP contribution in [0.3, 0.4) is 0 Å². The lowest BCUT2D eigenvalue weighted by Crippen LogP contribution is -2.44. The number of amides is 1. The second-order valence-electron chi connectivity index (χ2n) is 8.70. The van der Waals surface area contributed by atoms with Crippen LogP contribution in [0.15, 0.2) is 84.9 Å². The number of nitrogens with two attached hydrogens (primary N) is 1. The molecule has 174 valence electrons. The van der Waals surface area contributed by atoms with E-state index in [1.165, 1.54) is 5.56 Å². The first-order valence-electron chi connectivity index (χ1n) is 11.6. The summed E-state index contributed by atoms with van der Waals surface area (Å²) in [7, 11) is 0. The van der Waals surface area contributed by atoms with Gasteiger partial charge in [0.1, 0.15) is 12.4 Å². The summed E-state index contributed by atoms with van der Waals surface area (Å²) in [4.78, 5) is 14.6. The topological polar surface area (TPSA) is 67.6 Å². The zero-order chi connectivity index (χ0) is 23.5. The van der Waals surface area contributed by atoms with Crippen LogP contribution in [0.5, 0.6) is 5.75 Å². The highest BCUT2D eigenvalue weighted by atomic mass is 16.5. The highest BCUT2D eigenvalue weighted by Gasteiger charge is 2.15. The lowest BCUT2D eigenvalue weighted by Gasteiger charge is -2.26. The van der Waals surface area contributed by atoms with Crippen LogP contribution in [0.1, 0.15) is 31.4 Å². The molecule has 0 saturated heterocycles. The van der Waals surface area contributed by atoms with Gasteiger partial charge in [0, 0.05) is 25.3 Å². The van der Waals surface area contributed by atoms with Crippen molar-refractivity contribution in [2.45, 2.75) is 39.5 Å². The average Bonchev–Trinajstić information content (AvgIpc) is 2.83. The van der Waals surface area contributed by atoms with E-state index in [2.05, 4.69) is 60.5 Å². The van der Waals surface area contributed by atoms with Gasteiger partial charge in [-0.3, -0.25) is 4.79 Å². The van der Waals surface area contributed by atoms with E-state index in [0.717, 1.165) is 23.5 Å². The van der Waals surface area contributed by atoms with Crippen molar-refractivity contribution in [3.63, 3.8) is 0 Å². The largest absolute Gasteiger partial charge is 0.489 e. The molecule has 3 aromatic rings. The number of benzene rings is 3. The molecule has 3 aromatic carbocycles. The lowest BCUT2D eigenvalue weighted by molar-refractivity contribution is -0.122. The van der Waals surface area contributed by atoms with Gasteiger partial charge in [0.25, 0.3) is 0 Å². The second-order valence-corrected chi connectivity index (χ2v) is 8.70. The molecule has 0 aliphatic carbocycles. The van der Waals surface area contributed by atoms with Crippen molar-refractivity contribution in [3.05, 3.63) is 96.1 Å². The Morgan fingerprint density at radius 3 is 2.12 bits per heavy atom. The van der Waals surface area contributed by atoms with E-state index >= 15 is 0 Å². The highest BCUT2D eigenvalue weighted by Crippen LogP contribution is 2.22. The van der Waals surface area contributed by atoms with Gasteiger partial charge in [-0.1, -0.05) is 74.5 Å². The monoisotopic (exact) mass is 445 g/mol. The van der Waals surface area contributed by atoms with Gasteiger partial charge in [-0.2, -0.15) is 0 Å². The van der Waals surface area contributed by atoms with Gasteiger partial charge in [-0.15, -0.1) is 0 Å². The number of anilines is 1. The van der Waals surface area contributed by atoms with E-state index in [1.54, 1.807) is 0 Å². The second kappa shape index (κ2) is 12.7. The Morgan fingerprint density at radius 1 is 0.909 bits per heavy atom. The van der Waals surface area contributed by atoms with Gasteiger partial charge >= 0.3 is 0 Å². The molecule has 5 nitrogen and oxygen atoms in total. The van der Waals surface area contributed by atoms with E-state index in [-0.39, 0.29) is 5.91 Å². The van der Waals surface area contributed by atoms with Crippen molar-refractivity contribution >= 4 is 11.6 Å². The number of hydrogen-bond donors (Lipinski definition) is 2. The third-order valence-corrected chi connectivity index (χ3v) is 5.41. The van der Waals surface area contributed by atoms with E-state index in [0.29, 0.717) is 32.0 Å². The van der Waals surface area contributed by atoms with Crippen LogP contribution in [0.4, 0.5) is 5.69 Å². The Labute approximate surface area is 197 Å². The van der Waals surface area contributed by atoms with Crippen LogP contribution >= 0.6 is 0 Å². The van der Waals surface area contributed by atoms with Gasteiger partial charge in [0.05, 0.1) is 6.04 Å². The predicted octanol–water partition coefficient (Wildman–Crippen LogP) is 4.76. The SMILES string of the molecule is CC(C)CC(N)C(=O)NCCN(Cc1ccccc1)c1ccc(OCc2ccccc2)cc1. The summed E-state index contributed by atoms with van der Waals surface area (Å²) in [6, 6.07) is 28.1. The fraction of sp³-hybridized carbons (Fsp3) is 0.321. The Balaban J connectivity index is 1.61. The Kier molecular flexibility index (Phi) is 9.33. The summed E-state index contributed by atoms with van der Waals surface area (Å²) in [6.45, 7) is 6.64. The maximum atomic E-state index is 12.3. The number of hydrogen-bond acceptors (Lipinski definition) is 4. The first-order valence-corrected chi connectivity index (χ1v) is 11.6. The molecule has 0 saturated carbocycles. The Hall–Kier alpha value is -3.31. The molecule has 0 radical (unpaired) electrons. The molecule has 3 rings (SSSR count). The molecule has 1 unspecified atom stereocenters. The number of rotatable bonds is 12. The van der Waals surface area contributed by atoms with Crippen LogP contribution in [0.2, 0.25) is 0 Å². The summed E-state index contributed by atoms with van der Waals surface area (Å²) in [6.07, 6.45) is 0.685. The molecule has 0 heterocycles. The summed E-state index contributed by atoms with van der Waals surface area (Å²) in [5, 5.41) is 2.99. The number of carbonyl (C=O) groups excluding carboxylic acids is 1. The predicted molar refractivity (Wildman–Crippen MR) is 135 cm³/mol. The van der Waals surface area contributed by atoms with Gasteiger partial charge < -0.3 is 20.7 Å². The highest BCUT2D eigenvalue weighted by molar-refractivity contribution is 5.81. The molecular formula is C28H35N3O2. The van der Waals surface area contributed by atoms with Crippen molar-refractivity contribution in [2.75, 3.05) is 18.0 Å². The molecule has 1 atom stereocenters. The normalized spacial score (nSPS) is 11.8. The van der Waals surface area contributed by atoms with Crippen molar-refractivity contribution in [3.8, 4) is 5.75 Å². The van der Waals surface area contributed by atoms with E-state index in [1.807, 2.05) is 48.5 Å². The third kappa shape index (κ3) is 8.28. The fourth-order valence-corrected chi connectivity index (χ4v) is 3.66. The Morgan fingerprint density at radius 2 is 1.52 bits per heavy atom. The van der Waals surface area contributed by atoms with E-state index in [4.69, 9.17) is 10.5 Å². The minimum atomic E-state index is -0.464. The summed E-state index contributed by atoms with van der Waals surface area (Å²) < 4.78 is 5.93. The number of carbonyl (C=O) groups is 1. The van der Waals surface area contributed by atoms with Crippen LogP contribution in [-0.4, -0.2) is 25.0 Å². The summed E-state index contributed by atoms with van der Waals surface area (Å²) in [5.74, 6) is 1.13. The maximum Gasteiger partial charge on any atom is 0.236 e. The molecule has 0 aliphatic heterocycles. The Bertz CT molecular complexity index is 959. The van der Waals surface area contributed by atoms with Crippen LogP contribution in [0.25, 0.3) is 0 Å². The van der Waals surface area contributed by atoms with Crippen molar-refractivity contribution < 1.29 is 9.53 Å². The van der Waals surface area contributed by atoms with Crippen molar-refractivity contribution in [1.82, 2.24) is 5.32 Å². The molecule has 0 bridgehead atoms. The first-order chi connectivity index (χ1) is 16.0. The average molecular weight is 446 g/mol. The molecular weight excluding hydrogens is 410 g/mol. The van der Waals surface area contributed by atoms with Gasteiger partial charge in [0.15, 0.2) is 0 Å². The minimum absolute atomic E-state index is 0.0898.